The number of benzene rings is 1. The van der Waals surface area contributed by atoms with Crippen LogP contribution in [0, 0.1) is 17.3 Å². The Labute approximate surface area is 261 Å². The lowest BCUT2D eigenvalue weighted by Crippen LogP contribution is -2.65. The van der Waals surface area contributed by atoms with Gasteiger partial charge in [0.15, 0.2) is 0 Å². The molecule has 9 atom stereocenters. The van der Waals surface area contributed by atoms with Crippen LogP contribution in [0.1, 0.15) is 85.3 Å². The van der Waals surface area contributed by atoms with Crippen molar-refractivity contribution in [3.63, 3.8) is 0 Å². The van der Waals surface area contributed by atoms with E-state index in [1.807, 2.05) is 20.8 Å². The zero-order chi connectivity index (χ0) is 31.9. The molecule has 3 aliphatic rings. The van der Waals surface area contributed by atoms with Crippen molar-refractivity contribution in [3.8, 4) is 5.75 Å². The first-order valence-corrected chi connectivity index (χ1v) is 15.7. The number of aromatic hydroxyl groups is 1. The van der Waals surface area contributed by atoms with E-state index < -0.39 is 53.2 Å². The molecule has 3 heterocycles. The number of esters is 2. The number of hydrogen-bond acceptors (Lipinski definition) is 10. The van der Waals surface area contributed by atoms with Gasteiger partial charge in [0.25, 0.3) is 0 Å². The summed E-state index contributed by atoms with van der Waals surface area (Å²) in [6.07, 6.45) is -1.13. The standard InChI is InChI=1S/C32H45BrO10/c1-17(8-11-23(39-7)21-12-20(35)9-10-22(21)33)29-18(2)25-15-32(43-29)30(4,5)16-31(6,38)26(42-32)14-28(37)40-24(19(3)34)13-27(36)41-25/h9-10,12,14,17-19,23-25,29,34-35,38H,8,11,13,15-16H2,1-7H3/b26-14-/t17-,18-,19+,23-,24+,25-,29+,31+,32+/m0/s1. The van der Waals surface area contributed by atoms with Crippen LogP contribution in [0.3, 0.4) is 0 Å². The van der Waals surface area contributed by atoms with Crippen LogP contribution in [0.5, 0.6) is 5.75 Å². The number of phenols is 1. The normalized spacial score (nSPS) is 35.9. The van der Waals surface area contributed by atoms with Crippen molar-refractivity contribution >= 4 is 27.9 Å². The van der Waals surface area contributed by atoms with E-state index in [0.29, 0.717) is 12.8 Å². The largest absolute Gasteiger partial charge is 0.508 e. The Morgan fingerprint density at radius 3 is 2.49 bits per heavy atom. The van der Waals surface area contributed by atoms with Crippen molar-refractivity contribution in [2.75, 3.05) is 7.11 Å². The molecule has 2 fully saturated rings. The number of halogens is 1. The fourth-order valence-corrected chi connectivity index (χ4v) is 7.26. The van der Waals surface area contributed by atoms with Crippen LogP contribution in [0.2, 0.25) is 0 Å². The number of carbonyl (C=O) groups excluding carboxylic acids is 2. The minimum Gasteiger partial charge on any atom is -0.508 e. The third kappa shape index (κ3) is 7.06. The van der Waals surface area contributed by atoms with Gasteiger partial charge in [0.05, 0.1) is 37.2 Å². The molecule has 3 bridgehead atoms. The molecule has 0 radical (unpaired) electrons. The van der Waals surface area contributed by atoms with Gasteiger partial charge in [-0.1, -0.05) is 43.6 Å². The Bertz CT molecular complexity index is 1230. The van der Waals surface area contributed by atoms with Crippen molar-refractivity contribution in [1.82, 2.24) is 0 Å². The summed E-state index contributed by atoms with van der Waals surface area (Å²) in [4.78, 5) is 26.0. The maximum absolute atomic E-state index is 13.1. The van der Waals surface area contributed by atoms with E-state index in [2.05, 4.69) is 22.9 Å². The number of ether oxygens (including phenoxy) is 5. The van der Waals surface area contributed by atoms with Gasteiger partial charge in [-0.2, -0.15) is 0 Å². The number of hydrogen-bond donors (Lipinski definition) is 3. The van der Waals surface area contributed by atoms with Gasteiger partial charge in [-0.25, -0.2) is 4.79 Å². The summed E-state index contributed by atoms with van der Waals surface area (Å²) in [6, 6.07) is 5.07. The van der Waals surface area contributed by atoms with Crippen molar-refractivity contribution in [3.05, 3.63) is 40.1 Å². The second kappa shape index (κ2) is 12.7. The predicted molar refractivity (Wildman–Crippen MR) is 160 cm³/mol. The van der Waals surface area contributed by atoms with Gasteiger partial charge in [-0.05, 0) is 62.8 Å². The fourth-order valence-electron chi connectivity index (χ4n) is 6.75. The smallest absolute Gasteiger partial charge is 0.334 e. The van der Waals surface area contributed by atoms with Gasteiger partial charge in [-0.3, -0.25) is 4.79 Å². The lowest BCUT2D eigenvalue weighted by atomic mass is 9.66. The number of fused-ring (bicyclic) bond motifs is 2. The van der Waals surface area contributed by atoms with E-state index in [1.54, 1.807) is 32.2 Å². The van der Waals surface area contributed by atoms with Gasteiger partial charge >= 0.3 is 11.9 Å². The third-order valence-electron chi connectivity index (χ3n) is 9.29. The lowest BCUT2D eigenvalue weighted by Gasteiger charge is -2.59. The van der Waals surface area contributed by atoms with Gasteiger partial charge in [-0.15, -0.1) is 0 Å². The van der Waals surface area contributed by atoms with Crippen molar-refractivity contribution in [2.24, 2.45) is 17.3 Å². The second-order valence-electron chi connectivity index (χ2n) is 13.3. The molecule has 240 valence electrons. The molecule has 3 aliphatic heterocycles. The second-order valence-corrected chi connectivity index (χ2v) is 14.1. The number of aliphatic hydroxyl groups excluding tert-OH is 1. The first kappa shape index (κ1) is 33.7. The summed E-state index contributed by atoms with van der Waals surface area (Å²) in [5, 5.41) is 31.6. The van der Waals surface area contributed by atoms with E-state index in [9.17, 15) is 24.9 Å². The maximum atomic E-state index is 13.1. The molecule has 4 rings (SSSR count). The van der Waals surface area contributed by atoms with E-state index >= 15 is 0 Å². The molecule has 43 heavy (non-hydrogen) atoms. The Morgan fingerprint density at radius 2 is 1.84 bits per heavy atom. The van der Waals surface area contributed by atoms with Crippen LogP contribution >= 0.6 is 15.9 Å². The Balaban J connectivity index is 1.69. The van der Waals surface area contributed by atoms with Gasteiger partial charge in [0.1, 0.15) is 29.3 Å². The molecule has 10 nitrogen and oxygen atoms in total. The number of carbonyl (C=O) groups is 2. The van der Waals surface area contributed by atoms with E-state index in [-0.39, 0.29) is 48.7 Å². The van der Waals surface area contributed by atoms with Gasteiger partial charge < -0.3 is 39.0 Å². The fraction of sp³-hybridized carbons (Fsp3) is 0.688. The molecule has 0 unspecified atom stereocenters. The summed E-state index contributed by atoms with van der Waals surface area (Å²) in [5.41, 5.74) is -1.43. The molecule has 1 aromatic rings. The van der Waals surface area contributed by atoms with Gasteiger partial charge in [0, 0.05) is 22.9 Å². The first-order chi connectivity index (χ1) is 20.0. The number of methoxy groups -OCH3 is 1. The summed E-state index contributed by atoms with van der Waals surface area (Å²) < 4.78 is 31.5. The van der Waals surface area contributed by atoms with Crippen LogP contribution in [0.25, 0.3) is 0 Å². The highest BCUT2D eigenvalue weighted by Crippen LogP contribution is 2.56. The zero-order valence-corrected chi connectivity index (χ0v) is 27.5. The average Bonchev–Trinajstić information content (AvgIpc) is 2.89. The molecular formula is C32H45BrO10. The van der Waals surface area contributed by atoms with Crippen LogP contribution in [0.4, 0.5) is 0 Å². The molecule has 1 aromatic carbocycles. The van der Waals surface area contributed by atoms with Gasteiger partial charge in [0.2, 0.25) is 5.79 Å². The van der Waals surface area contributed by atoms with Crippen LogP contribution in [-0.4, -0.2) is 70.2 Å². The minimum absolute atomic E-state index is 0.000886. The highest BCUT2D eigenvalue weighted by molar-refractivity contribution is 9.10. The molecule has 3 N–H and O–H groups in total. The average molecular weight is 670 g/mol. The molecule has 0 aliphatic carbocycles. The Morgan fingerprint density at radius 1 is 1.14 bits per heavy atom. The van der Waals surface area contributed by atoms with Crippen LogP contribution in [-0.2, 0) is 33.3 Å². The summed E-state index contributed by atoms with van der Waals surface area (Å²) in [6.45, 7) is 10.9. The van der Waals surface area contributed by atoms with Crippen LogP contribution in [0.15, 0.2) is 34.5 Å². The quantitative estimate of drug-likeness (QED) is 0.337. The Hall–Kier alpha value is -2.18. The summed E-state index contributed by atoms with van der Waals surface area (Å²) in [7, 11) is 1.63. The maximum Gasteiger partial charge on any atom is 0.334 e. The lowest BCUT2D eigenvalue weighted by molar-refractivity contribution is -0.371. The summed E-state index contributed by atoms with van der Waals surface area (Å²) in [5.74, 6) is -2.91. The van der Waals surface area contributed by atoms with E-state index in [1.165, 1.54) is 6.92 Å². The van der Waals surface area contributed by atoms with Crippen molar-refractivity contribution < 1.29 is 48.6 Å². The van der Waals surface area contributed by atoms with E-state index in [0.717, 1.165) is 16.1 Å². The topological polar surface area (TPSA) is 141 Å². The van der Waals surface area contributed by atoms with Crippen LogP contribution < -0.4 is 0 Å². The molecule has 2 saturated heterocycles. The highest BCUT2D eigenvalue weighted by Gasteiger charge is 2.63. The zero-order valence-electron chi connectivity index (χ0n) is 26.0. The molecule has 11 heteroatoms. The molecule has 1 spiro atoms. The SMILES string of the molecule is CO[C@@H](CC[C@H](C)[C@H]1O[C@@]23C[C@H](OC(=O)C[C@H]([C@@H](C)O)OC(=O)/C=C(\O2)[C@](C)(O)CC3(C)C)[C@@H]1C)c1cc(O)ccc1Br. The molecule has 0 amide bonds. The number of aliphatic hydroxyl groups is 2. The number of phenolic OH excluding ortho intramolecular Hbond substituents is 1. The van der Waals surface area contributed by atoms with Crippen molar-refractivity contribution in [2.45, 2.75) is 116 Å². The molecular weight excluding hydrogens is 624 g/mol. The predicted octanol–water partition coefficient (Wildman–Crippen LogP) is 5.07. The first-order valence-electron chi connectivity index (χ1n) is 14.9. The minimum atomic E-state index is -1.50. The third-order valence-corrected chi connectivity index (χ3v) is 10.0. The highest BCUT2D eigenvalue weighted by atomic mass is 79.9. The number of rotatable bonds is 7. The Kier molecular flexibility index (Phi) is 9.93. The molecule has 0 aromatic heterocycles. The summed E-state index contributed by atoms with van der Waals surface area (Å²) >= 11 is 3.56. The number of cyclic esters (lactones) is 1. The van der Waals surface area contributed by atoms with E-state index in [4.69, 9.17) is 23.7 Å². The van der Waals surface area contributed by atoms with Crippen molar-refractivity contribution in [1.29, 1.82) is 0 Å². The monoisotopic (exact) mass is 668 g/mol. The molecule has 0 saturated carbocycles.